The molecule has 1 aliphatic rings. The van der Waals surface area contributed by atoms with Crippen molar-refractivity contribution in [2.24, 2.45) is 0 Å². The number of carbonyl (C=O) groups excluding carboxylic acids is 3. The van der Waals surface area contributed by atoms with E-state index in [4.69, 9.17) is 20.1 Å². The molecule has 0 unspecified atom stereocenters. The molecule has 5 rings (SSSR count). The minimum Gasteiger partial charge on any atom is -0.481 e. The van der Waals surface area contributed by atoms with Gasteiger partial charge in [0.1, 0.15) is 10.6 Å². The third-order valence-electron chi connectivity index (χ3n) is 5.98. The molecular weight excluding hydrogens is 612 g/mol. The highest BCUT2D eigenvalue weighted by Crippen LogP contribution is 2.47. The Hall–Kier alpha value is -3.34. The first-order chi connectivity index (χ1) is 19.6. The zero-order valence-electron chi connectivity index (χ0n) is 20.1. The number of ether oxygens (including phenoxy) is 1. The molecule has 1 heterocycles. The third-order valence-corrected chi connectivity index (χ3v) is 8.17. The molecule has 4 aromatic carbocycles. The summed E-state index contributed by atoms with van der Waals surface area (Å²) < 4.78 is 49.3. The number of hydrogen-bond donors (Lipinski definition) is 4. The highest BCUT2D eigenvalue weighted by molar-refractivity contribution is 7.95. The Morgan fingerprint density at radius 2 is 1.41 bits per heavy atom. The Labute approximate surface area is 237 Å². The molecule has 0 radical (unpaired) electrons. The number of rotatable bonds is 12. The predicted octanol–water partition coefficient (Wildman–Crippen LogP) is 3.18. The van der Waals surface area contributed by atoms with Gasteiger partial charge < -0.3 is 9.57 Å². The van der Waals surface area contributed by atoms with Gasteiger partial charge in [0.25, 0.3) is 10.1 Å². The molecule has 0 bridgehead atoms. The summed E-state index contributed by atoms with van der Waals surface area (Å²) in [6.45, 7) is -0.701. The van der Waals surface area contributed by atoms with Gasteiger partial charge >= 0.3 is 5.97 Å². The number of hydrazine groups is 1. The Bertz CT molecular complexity index is 1760. The maximum absolute atomic E-state index is 12.3. The van der Waals surface area contributed by atoms with Gasteiger partial charge in [-0.25, -0.2) is 15.3 Å². The van der Waals surface area contributed by atoms with Gasteiger partial charge in [0.15, 0.2) is 6.61 Å². The van der Waals surface area contributed by atoms with Gasteiger partial charge in [-0.3, -0.25) is 14.1 Å². The van der Waals surface area contributed by atoms with Crippen LogP contribution < -0.4 is 10.3 Å². The van der Waals surface area contributed by atoms with E-state index < -0.39 is 39.4 Å². The first-order valence-corrected chi connectivity index (χ1v) is 14.1. The van der Waals surface area contributed by atoms with E-state index in [0.29, 0.717) is 56.0 Å². The molecule has 1 fully saturated rings. The van der Waals surface area contributed by atoms with Gasteiger partial charge in [0.2, 0.25) is 11.8 Å². The van der Waals surface area contributed by atoms with Gasteiger partial charge in [0, 0.05) is 39.3 Å². The molecule has 216 valence electrons. The number of carbonyl (C=O) groups is 3. The van der Waals surface area contributed by atoms with Gasteiger partial charge in [-0.2, -0.15) is 13.4 Å². The fourth-order valence-corrected chi connectivity index (χ4v) is 6.22. The second-order valence-electron chi connectivity index (χ2n) is 8.22. The van der Waals surface area contributed by atoms with Crippen molar-refractivity contribution in [1.29, 1.82) is 0 Å². The SMILES string of the molecule is O=C(COc1cc(SOOO)c2ccc3c(SOOO)cc(S(=O)(=O)O)c4ccc1c2c34)ONN1C(=O)CCC1=O. The normalized spacial score (nSPS) is 14.2. The highest BCUT2D eigenvalue weighted by atomic mass is 32.2. The molecule has 0 aliphatic carbocycles. The monoisotopic (exact) mass is 628 g/mol. The van der Waals surface area contributed by atoms with Crippen LogP contribution in [-0.4, -0.2) is 52.9 Å². The molecule has 0 aromatic heterocycles. The molecule has 1 saturated heterocycles. The second-order valence-corrected chi connectivity index (χ2v) is 11.1. The molecule has 4 N–H and O–H groups in total. The largest absolute Gasteiger partial charge is 0.481 e. The topological polar surface area (TPSA) is 217 Å². The van der Waals surface area contributed by atoms with Crippen molar-refractivity contribution in [3.63, 3.8) is 0 Å². The number of benzene rings is 4. The van der Waals surface area contributed by atoms with Crippen LogP contribution in [0.25, 0.3) is 32.3 Å². The van der Waals surface area contributed by atoms with Gasteiger partial charge in [0.05, 0.1) is 29.0 Å². The smallest absolute Gasteiger partial charge is 0.364 e. The van der Waals surface area contributed by atoms with E-state index in [1.807, 2.05) is 5.59 Å². The lowest BCUT2D eigenvalue weighted by atomic mass is 9.93. The second kappa shape index (κ2) is 11.9. The number of hydrogen-bond acceptors (Lipinski definition) is 16. The van der Waals surface area contributed by atoms with E-state index in [1.165, 1.54) is 18.2 Å². The Kier molecular flexibility index (Phi) is 8.45. The van der Waals surface area contributed by atoms with Crippen LogP contribution in [0.2, 0.25) is 0 Å². The molecule has 0 spiro atoms. The van der Waals surface area contributed by atoms with Crippen LogP contribution in [0, 0.1) is 0 Å². The summed E-state index contributed by atoms with van der Waals surface area (Å²) in [4.78, 5) is 40.4. The van der Waals surface area contributed by atoms with Gasteiger partial charge in [-0.05, 0) is 29.0 Å². The van der Waals surface area contributed by atoms with E-state index in [-0.39, 0.29) is 33.8 Å². The fourth-order valence-electron chi connectivity index (χ4n) is 4.38. The minimum atomic E-state index is -4.76. The first kappa shape index (κ1) is 29.2. The summed E-state index contributed by atoms with van der Waals surface area (Å²) in [6, 6.07) is 8.74. The molecule has 2 amide bonds. The van der Waals surface area contributed by atoms with Crippen molar-refractivity contribution >= 4 is 84.3 Å². The maximum Gasteiger partial charge on any atom is 0.364 e. The standard InChI is InChI=1S/C22H16N2O14S3/c25-18-5-6-19(26)24(18)23-34-20(27)9-33-14-7-15(39-37-35-28)11-2-3-12-16(40-38-36-29)8-17(41(30,31)32)13-4-1-10(14)21(11)22(12)13/h1-4,7-8,23,28-29H,5-6,9H2,(H,30,31,32). The van der Waals surface area contributed by atoms with Crippen LogP contribution in [0.1, 0.15) is 12.8 Å². The molecule has 1 aliphatic heterocycles. The van der Waals surface area contributed by atoms with Gasteiger partial charge in [-0.1, -0.05) is 33.9 Å². The predicted molar refractivity (Wildman–Crippen MR) is 137 cm³/mol. The zero-order chi connectivity index (χ0) is 29.3. The van der Waals surface area contributed by atoms with E-state index in [1.54, 1.807) is 12.1 Å². The van der Waals surface area contributed by atoms with Crippen LogP contribution in [0.4, 0.5) is 0 Å². The lowest BCUT2D eigenvalue weighted by molar-refractivity contribution is -0.432. The van der Waals surface area contributed by atoms with Crippen molar-refractivity contribution in [2.45, 2.75) is 27.5 Å². The number of nitrogens with zero attached hydrogens (tertiary/aromatic N) is 1. The first-order valence-electron chi connectivity index (χ1n) is 11.1. The molecule has 0 atom stereocenters. The van der Waals surface area contributed by atoms with Crippen molar-refractivity contribution in [1.82, 2.24) is 10.6 Å². The molecule has 4 aromatic rings. The van der Waals surface area contributed by atoms with Crippen molar-refractivity contribution < 1.29 is 66.2 Å². The third kappa shape index (κ3) is 5.73. The summed E-state index contributed by atoms with van der Waals surface area (Å²) in [5.74, 6) is -2.06. The average Bonchev–Trinajstić information content (AvgIpc) is 3.27. The van der Waals surface area contributed by atoms with Crippen molar-refractivity contribution in [3.8, 4) is 5.75 Å². The Morgan fingerprint density at radius 3 is 2.00 bits per heavy atom. The van der Waals surface area contributed by atoms with E-state index >= 15 is 0 Å². The van der Waals surface area contributed by atoms with E-state index in [2.05, 4.69) is 18.7 Å². The van der Waals surface area contributed by atoms with Crippen LogP contribution >= 0.6 is 24.1 Å². The summed E-state index contributed by atoms with van der Waals surface area (Å²) in [5, 5.41) is 27.3. The van der Waals surface area contributed by atoms with Crippen molar-refractivity contribution in [2.75, 3.05) is 6.61 Å². The van der Waals surface area contributed by atoms with Crippen LogP contribution in [-0.2, 0) is 48.1 Å². The molecule has 19 heteroatoms. The van der Waals surface area contributed by atoms with Crippen LogP contribution in [0.15, 0.2) is 51.1 Å². The average molecular weight is 629 g/mol. The molecular formula is C22H16N2O14S3. The van der Waals surface area contributed by atoms with E-state index in [0.717, 1.165) is 6.07 Å². The zero-order valence-corrected chi connectivity index (χ0v) is 22.5. The molecule has 0 saturated carbocycles. The number of imide groups is 1. The summed E-state index contributed by atoms with van der Waals surface area (Å²) in [7, 11) is -4.76. The van der Waals surface area contributed by atoms with Gasteiger partial charge in [-0.15, -0.1) is 8.67 Å². The fraction of sp³-hybridized carbons (Fsp3) is 0.136. The molecule has 41 heavy (non-hydrogen) atoms. The summed E-state index contributed by atoms with van der Waals surface area (Å²) >= 11 is 1.04. The Morgan fingerprint density at radius 1 is 0.878 bits per heavy atom. The summed E-state index contributed by atoms with van der Waals surface area (Å²) in [6.07, 6.45) is -0.0529. The maximum atomic E-state index is 12.3. The van der Waals surface area contributed by atoms with Crippen LogP contribution in [0.5, 0.6) is 5.75 Å². The summed E-state index contributed by atoms with van der Waals surface area (Å²) in [5.41, 5.74) is 1.99. The van der Waals surface area contributed by atoms with Crippen LogP contribution in [0.3, 0.4) is 0 Å². The van der Waals surface area contributed by atoms with E-state index in [9.17, 15) is 27.4 Å². The number of nitrogens with one attached hydrogen (secondary N) is 1. The minimum absolute atomic E-state index is 0.0264. The Balaban J connectivity index is 1.60. The lowest BCUT2D eigenvalue weighted by Gasteiger charge is -2.19. The van der Waals surface area contributed by atoms with Crippen molar-refractivity contribution in [3.05, 3.63) is 36.4 Å². The lowest BCUT2D eigenvalue weighted by Crippen LogP contribution is -2.43. The number of amides is 2. The molecule has 16 nitrogen and oxygen atoms in total. The highest BCUT2D eigenvalue weighted by Gasteiger charge is 2.30. The quantitative estimate of drug-likeness (QED) is 0.0442.